The summed E-state index contributed by atoms with van der Waals surface area (Å²) in [6.45, 7) is 2.08. The molecule has 1 fully saturated rings. The molecule has 1 aliphatic carbocycles. The lowest BCUT2D eigenvalue weighted by molar-refractivity contribution is -0.144. The Balaban J connectivity index is 1.99. The molecule has 33 heavy (non-hydrogen) atoms. The second-order valence-corrected chi connectivity index (χ2v) is 8.23. The maximum absolute atomic E-state index is 13.0. The van der Waals surface area contributed by atoms with Crippen molar-refractivity contribution in [1.82, 2.24) is 0 Å². The SMILES string of the molecule is CCOC(=O)CCCCCCC1C(=O)CCC1/C=C/c1cc(C(F)(F)F)cc(C(F)(F)F)c1. The third-order valence-electron chi connectivity index (χ3n) is 5.75. The summed E-state index contributed by atoms with van der Waals surface area (Å²) >= 11 is 0. The number of unbranched alkanes of at least 4 members (excludes halogenated alkanes) is 3. The number of hydrogen-bond acceptors (Lipinski definition) is 3. The number of rotatable bonds is 10. The second kappa shape index (κ2) is 11.7. The first kappa shape index (κ1) is 26.9. The van der Waals surface area contributed by atoms with Crippen molar-refractivity contribution < 1.29 is 40.7 Å². The third-order valence-corrected chi connectivity index (χ3v) is 5.75. The van der Waals surface area contributed by atoms with Crippen LogP contribution < -0.4 is 0 Å². The fourth-order valence-electron chi connectivity index (χ4n) is 4.07. The van der Waals surface area contributed by atoms with Gasteiger partial charge in [-0.1, -0.05) is 31.4 Å². The Hall–Kier alpha value is -2.32. The van der Waals surface area contributed by atoms with Crippen molar-refractivity contribution in [1.29, 1.82) is 0 Å². The highest BCUT2D eigenvalue weighted by molar-refractivity contribution is 5.84. The molecule has 1 saturated carbocycles. The van der Waals surface area contributed by atoms with Crippen molar-refractivity contribution in [2.24, 2.45) is 11.8 Å². The summed E-state index contributed by atoms with van der Waals surface area (Å²) < 4.78 is 83.1. The molecule has 0 bridgehead atoms. The van der Waals surface area contributed by atoms with E-state index in [2.05, 4.69) is 0 Å². The molecule has 1 aliphatic rings. The summed E-state index contributed by atoms with van der Waals surface area (Å²) in [4.78, 5) is 23.6. The average Bonchev–Trinajstić information content (AvgIpc) is 3.07. The Morgan fingerprint density at radius 1 is 1.00 bits per heavy atom. The van der Waals surface area contributed by atoms with E-state index in [-0.39, 0.29) is 35.2 Å². The maximum Gasteiger partial charge on any atom is 0.416 e. The number of allylic oxidation sites excluding steroid dienone is 1. The Kier molecular flexibility index (Phi) is 9.55. The van der Waals surface area contributed by atoms with Crippen molar-refractivity contribution in [3.63, 3.8) is 0 Å². The number of Topliss-reactive ketones (excluding diaryl/α,β-unsaturated/α-hetero) is 1. The number of carbonyl (C=O) groups excluding carboxylic acids is 2. The van der Waals surface area contributed by atoms with Gasteiger partial charge in [0.15, 0.2) is 0 Å². The molecule has 184 valence electrons. The lowest BCUT2D eigenvalue weighted by Gasteiger charge is -2.16. The Labute approximate surface area is 189 Å². The topological polar surface area (TPSA) is 43.4 Å². The zero-order valence-corrected chi connectivity index (χ0v) is 18.4. The van der Waals surface area contributed by atoms with Gasteiger partial charge < -0.3 is 4.74 Å². The molecule has 1 aromatic carbocycles. The first-order valence-electron chi connectivity index (χ1n) is 11.1. The number of esters is 1. The molecule has 0 amide bonds. The van der Waals surface area contributed by atoms with E-state index in [9.17, 15) is 35.9 Å². The highest BCUT2D eigenvalue weighted by atomic mass is 19.4. The van der Waals surface area contributed by atoms with Crippen LogP contribution in [0.15, 0.2) is 24.3 Å². The number of carbonyl (C=O) groups is 2. The number of alkyl halides is 6. The third kappa shape index (κ3) is 8.51. The van der Waals surface area contributed by atoms with Gasteiger partial charge in [-0.05, 0) is 55.9 Å². The molecule has 2 atom stereocenters. The van der Waals surface area contributed by atoms with Gasteiger partial charge in [-0.2, -0.15) is 26.3 Å². The van der Waals surface area contributed by atoms with Crippen molar-refractivity contribution in [2.45, 2.75) is 70.6 Å². The number of ether oxygens (including phenoxy) is 1. The molecule has 0 saturated heterocycles. The zero-order chi connectivity index (χ0) is 24.6. The molecular formula is C24H28F6O3. The number of ketones is 1. The van der Waals surface area contributed by atoms with Gasteiger partial charge in [0.1, 0.15) is 5.78 Å². The lowest BCUT2D eigenvalue weighted by Crippen LogP contribution is -2.13. The standard InChI is InChI=1S/C24H28F6O3/c1-2-33-22(32)8-6-4-3-5-7-20-17(11-12-21(20)31)10-9-16-13-18(23(25,26)27)15-19(14-16)24(28,29)30/h9-10,13-15,17,20H,2-8,11-12H2,1H3/b10-9+. The summed E-state index contributed by atoms with van der Waals surface area (Å²) in [7, 11) is 0. The van der Waals surface area contributed by atoms with E-state index in [1.54, 1.807) is 13.0 Å². The first-order chi connectivity index (χ1) is 15.4. The van der Waals surface area contributed by atoms with Crippen molar-refractivity contribution in [3.8, 4) is 0 Å². The normalized spacial score (nSPS) is 19.4. The largest absolute Gasteiger partial charge is 0.466 e. The fourth-order valence-corrected chi connectivity index (χ4v) is 4.07. The van der Waals surface area contributed by atoms with E-state index in [0.717, 1.165) is 19.3 Å². The van der Waals surface area contributed by atoms with Crippen LogP contribution in [0.5, 0.6) is 0 Å². The Morgan fingerprint density at radius 3 is 2.18 bits per heavy atom. The minimum absolute atomic E-state index is 0.0659. The summed E-state index contributed by atoms with van der Waals surface area (Å²) in [6.07, 6.45) is -2.09. The van der Waals surface area contributed by atoms with Gasteiger partial charge in [0.05, 0.1) is 17.7 Å². The van der Waals surface area contributed by atoms with Crippen LogP contribution in [0.1, 0.15) is 75.0 Å². The summed E-state index contributed by atoms with van der Waals surface area (Å²) in [6, 6.07) is 1.46. The number of halogens is 6. The summed E-state index contributed by atoms with van der Waals surface area (Å²) in [5, 5.41) is 0. The van der Waals surface area contributed by atoms with Gasteiger partial charge in [-0.3, -0.25) is 9.59 Å². The number of benzene rings is 1. The average molecular weight is 478 g/mol. The van der Waals surface area contributed by atoms with Crippen LogP contribution in [-0.4, -0.2) is 18.4 Å². The van der Waals surface area contributed by atoms with Gasteiger partial charge in [0.25, 0.3) is 0 Å². The fraction of sp³-hybridized carbons (Fsp3) is 0.583. The molecule has 1 aromatic rings. The molecule has 9 heteroatoms. The van der Waals surface area contributed by atoms with Crippen LogP contribution in [0, 0.1) is 11.8 Å². The van der Waals surface area contributed by atoms with Gasteiger partial charge in [-0.15, -0.1) is 0 Å². The summed E-state index contributed by atoms with van der Waals surface area (Å²) in [5.41, 5.74) is -2.92. The first-order valence-corrected chi connectivity index (χ1v) is 11.1. The number of hydrogen-bond donors (Lipinski definition) is 0. The van der Waals surface area contributed by atoms with Crippen LogP contribution in [-0.2, 0) is 26.7 Å². The van der Waals surface area contributed by atoms with Crippen LogP contribution in [0.2, 0.25) is 0 Å². The molecular weight excluding hydrogens is 450 g/mol. The highest BCUT2D eigenvalue weighted by Gasteiger charge is 2.37. The predicted molar refractivity (Wildman–Crippen MR) is 111 cm³/mol. The van der Waals surface area contributed by atoms with Gasteiger partial charge in [0, 0.05) is 18.8 Å². The molecule has 0 aromatic heterocycles. The molecule has 0 spiro atoms. The molecule has 0 N–H and O–H groups in total. The van der Waals surface area contributed by atoms with Crippen molar-refractivity contribution >= 4 is 17.8 Å². The molecule has 0 aliphatic heterocycles. The van der Waals surface area contributed by atoms with Crippen LogP contribution in [0.3, 0.4) is 0 Å². The van der Waals surface area contributed by atoms with E-state index in [1.165, 1.54) is 6.08 Å². The van der Waals surface area contributed by atoms with E-state index < -0.39 is 23.5 Å². The van der Waals surface area contributed by atoms with Crippen LogP contribution >= 0.6 is 0 Å². The highest BCUT2D eigenvalue weighted by Crippen LogP contribution is 2.38. The Morgan fingerprint density at radius 2 is 1.61 bits per heavy atom. The van der Waals surface area contributed by atoms with Gasteiger partial charge in [-0.25, -0.2) is 0 Å². The molecule has 2 rings (SSSR count). The van der Waals surface area contributed by atoms with Crippen molar-refractivity contribution in [2.75, 3.05) is 6.61 Å². The quantitative estimate of drug-likeness (QED) is 0.202. The van der Waals surface area contributed by atoms with Gasteiger partial charge >= 0.3 is 18.3 Å². The van der Waals surface area contributed by atoms with Gasteiger partial charge in [0.2, 0.25) is 0 Å². The molecule has 3 nitrogen and oxygen atoms in total. The smallest absolute Gasteiger partial charge is 0.416 e. The molecule has 0 heterocycles. The van der Waals surface area contributed by atoms with Crippen molar-refractivity contribution in [3.05, 3.63) is 41.0 Å². The van der Waals surface area contributed by atoms with E-state index in [1.807, 2.05) is 0 Å². The lowest BCUT2D eigenvalue weighted by atomic mass is 9.89. The van der Waals surface area contributed by atoms with E-state index in [4.69, 9.17) is 4.74 Å². The minimum atomic E-state index is -4.90. The van der Waals surface area contributed by atoms with E-state index in [0.29, 0.717) is 50.8 Å². The Bertz CT molecular complexity index is 809. The molecule has 0 radical (unpaired) electrons. The van der Waals surface area contributed by atoms with E-state index >= 15 is 0 Å². The molecule has 2 unspecified atom stereocenters. The second-order valence-electron chi connectivity index (χ2n) is 8.23. The zero-order valence-electron chi connectivity index (χ0n) is 18.4. The monoisotopic (exact) mass is 478 g/mol. The minimum Gasteiger partial charge on any atom is -0.466 e. The maximum atomic E-state index is 13.0. The predicted octanol–water partition coefficient (Wildman–Crippen LogP) is 7.24. The van der Waals surface area contributed by atoms with Crippen LogP contribution in [0.25, 0.3) is 6.08 Å². The van der Waals surface area contributed by atoms with Crippen LogP contribution in [0.4, 0.5) is 26.3 Å². The summed E-state index contributed by atoms with van der Waals surface area (Å²) in [5.74, 6) is -0.687.